The molecule has 8 heteroatoms. The van der Waals surface area contributed by atoms with Crippen molar-refractivity contribution in [1.29, 1.82) is 0 Å². The second-order valence-electron chi connectivity index (χ2n) is 5.87. The number of methoxy groups -OCH3 is 1. The quantitative estimate of drug-likeness (QED) is 0.526. The predicted octanol–water partition coefficient (Wildman–Crippen LogP) is 4.54. The number of nitrogens with zero attached hydrogens (tertiary/aromatic N) is 1. The Bertz CT molecular complexity index is 841. The molecule has 0 saturated carbocycles. The minimum absolute atomic E-state index is 0.0499. The van der Waals surface area contributed by atoms with Crippen molar-refractivity contribution in [2.75, 3.05) is 13.7 Å². The van der Waals surface area contributed by atoms with Crippen LogP contribution in [0.2, 0.25) is 5.02 Å². The summed E-state index contributed by atoms with van der Waals surface area (Å²) in [6.07, 6.45) is 0.872. The Morgan fingerprint density at radius 1 is 1.26 bits per heavy atom. The van der Waals surface area contributed by atoms with E-state index in [4.69, 9.17) is 21.1 Å². The van der Waals surface area contributed by atoms with Gasteiger partial charge in [-0.15, -0.1) is 0 Å². The van der Waals surface area contributed by atoms with Crippen LogP contribution in [0.15, 0.2) is 36.4 Å². The smallest absolute Gasteiger partial charge is 0.283 e. The van der Waals surface area contributed by atoms with E-state index in [9.17, 15) is 14.9 Å². The number of carbonyl (C=O) groups excluding carboxylic acids is 1. The van der Waals surface area contributed by atoms with Gasteiger partial charge in [0.25, 0.3) is 11.6 Å². The number of amides is 1. The third-order valence-corrected chi connectivity index (χ3v) is 4.13. The Balaban J connectivity index is 2.21. The summed E-state index contributed by atoms with van der Waals surface area (Å²) in [5, 5.41) is 14.1. The van der Waals surface area contributed by atoms with Gasteiger partial charge in [0.15, 0.2) is 11.5 Å². The van der Waals surface area contributed by atoms with Gasteiger partial charge in [-0.25, -0.2) is 0 Å². The molecule has 0 radical (unpaired) electrons. The van der Waals surface area contributed by atoms with Gasteiger partial charge in [-0.2, -0.15) is 0 Å². The molecular formula is C19H21ClN2O5. The molecule has 0 aliphatic rings. The lowest BCUT2D eigenvalue weighted by molar-refractivity contribution is -0.385. The van der Waals surface area contributed by atoms with Gasteiger partial charge < -0.3 is 14.8 Å². The van der Waals surface area contributed by atoms with Crippen LogP contribution in [0.25, 0.3) is 0 Å². The molecule has 2 rings (SSSR count). The Kier molecular flexibility index (Phi) is 7.01. The zero-order chi connectivity index (χ0) is 20.0. The van der Waals surface area contributed by atoms with Gasteiger partial charge in [-0.1, -0.05) is 24.6 Å². The molecule has 2 aromatic carbocycles. The van der Waals surface area contributed by atoms with E-state index in [2.05, 4.69) is 5.32 Å². The van der Waals surface area contributed by atoms with Crippen LogP contribution in [0.1, 0.15) is 42.2 Å². The number of nitrogens with one attached hydrogen (secondary N) is 1. The minimum Gasteiger partial charge on any atom is -0.493 e. The Hall–Kier alpha value is -2.80. The number of benzene rings is 2. The lowest BCUT2D eigenvalue weighted by Gasteiger charge is -2.17. The molecule has 1 amide bonds. The van der Waals surface area contributed by atoms with Gasteiger partial charge in [0.05, 0.1) is 24.7 Å². The largest absolute Gasteiger partial charge is 0.493 e. The van der Waals surface area contributed by atoms with Crippen LogP contribution in [0, 0.1) is 10.1 Å². The van der Waals surface area contributed by atoms with E-state index < -0.39 is 16.9 Å². The zero-order valence-corrected chi connectivity index (χ0v) is 16.1. The monoisotopic (exact) mass is 392 g/mol. The molecule has 0 bridgehead atoms. The van der Waals surface area contributed by atoms with E-state index in [1.807, 2.05) is 13.0 Å². The van der Waals surface area contributed by atoms with Gasteiger partial charge in [0, 0.05) is 11.1 Å². The van der Waals surface area contributed by atoms with Crippen LogP contribution < -0.4 is 14.8 Å². The summed E-state index contributed by atoms with van der Waals surface area (Å²) in [6, 6.07) is 8.89. The first-order valence-electron chi connectivity index (χ1n) is 8.42. The van der Waals surface area contributed by atoms with Crippen LogP contribution >= 0.6 is 11.6 Å². The van der Waals surface area contributed by atoms with Crippen molar-refractivity contribution in [3.63, 3.8) is 0 Å². The van der Waals surface area contributed by atoms with E-state index in [0.717, 1.165) is 18.1 Å². The highest BCUT2D eigenvalue weighted by Gasteiger charge is 2.22. The zero-order valence-electron chi connectivity index (χ0n) is 15.3. The normalized spacial score (nSPS) is 11.6. The summed E-state index contributed by atoms with van der Waals surface area (Å²) in [4.78, 5) is 23.1. The maximum Gasteiger partial charge on any atom is 0.283 e. The summed E-state index contributed by atoms with van der Waals surface area (Å²) < 4.78 is 11.0. The first-order valence-corrected chi connectivity index (χ1v) is 8.80. The van der Waals surface area contributed by atoms with Gasteiger partial charge in [0.2, 0.25) is 0 Å². The second kappa shape index (κ2) is 9.23. The third-order valence-electron chi connectivity index (χ3n) is 3.90. The van der Waals surface area contributed by atoms with Crippen LogP contribution in [-0.2, 0) is 0 Å². The number of ether oxygens (including phenoxy) is 2. The third kappa shape index (κ3) is 5.10. The van der Waals surface area contributed by atoms with Crippen molar-refractivity contribution in [3.05, 3.63) is 62.7 Å². The van der Waals surface area contributed by atoms with E-state index in [1.165, 1.54) is 19.2 Å². The fourth-order valence-corrected chi connectivity index (χ4v) is 2.66. The molecule has 2 aromatic rings. The number of nitro groups is 1. The molecule has 7 nitrogen and oxygen atoms in total. The summed E-state index contributed by atoms with van der Waals surface area (Å²) in [7, 11) is 1.54. The second-order valence-corrected chi connectivity index (χ2v) is 6.31. The number of nitro benzene ring substituents is 1. The van der Waals surface area contributed by atoms with E-state index in [1.54, 1.807) is 19.1 Å². The highest BCUT2D eigenvalue weighted by Crippen LogP contribution is 2.31. The lowest BCUT2D eigenvalue weighted by atomic mass is 10.1. The Morgan fingerprint density at radius 3 is 2.63 bits per heavy atom. The van der Waals surface area contributed by atoms with Crippen LogP contribution in [0.3, 0.4) is 0 Å². The van der Waals surface area contributed by atoms with Crippen LogP contribution in [-0.4, -0.2) is 24.5 Å². The SMILES string of the molecule is CCCOc1ccc(C(C)NC(=O)c2ccc(Cl)cc2[N+](=O)[O-])cc1OC. The fourth-order valence-electron chi connectivity index (χ4n) is 2.49. The number of carbonyl (C=O) groups is 1. The molecule has 0 heterocycles. The van der Waals surface area contributed by atoms with Crippen molar-refractivity contribution in [2.45, 2.75) is 26.3 Å². The van der Waals surface area contributed by atoms with Gasteiger partial charge in [-0.3, -0.25) is 14.9 Å². The molecule has 0 aliphatic heterocycles. The van der Waals surface area contributed by atoms with E-state index in [-0.39, 0.29) is 16.3 Å². The summed E-state index contributed by atoms with van der Waals surface area (Å²) in [5.74, 6) is 0.616. The van der Waals surface area contributed by atoms with Gasteiger partial charge >= 0.3 is 0 Å². The first kappa shape index (κ1) is 20.5. The highest BCUT2D eigenvalue weighted by atomic mass is 35.5. The topological polar surface area (TPSA) is 90.7 Å². The average molecular weight is 393 g/mol. The summed E-state index contributed by atoms with van der Waals surface area (Å²) in [5.41, 5.74) is 0.389. The molecule has 0 saturated heterocycles. The average Bonchev–Trinajstić information content (AvgIpc) is 2.65. The molecule has 1 atom stereocenters. The number of halogens is 1. The van der Waals surface area contributed by atoms with Gasteiger partial charge in [0.1, 0.15) is 5.56 Å². The maximum absolute atomic E-state index is 12.5. The van der Waals surface area contributed by atoms with Crippen molar-refractivity contribution in [1.82, 2.24) is 5.32 Å². The van der Waals surface area contributed by atoms with E-state index in [0.29, 0.717) is 18.1 Å². The van der Waals surface area contributed by atoms with Crippen LogP contribution in [0.5, 0.6) is 11.5 Å². The lowest BCUT2D eigenvalue weighted by Crippen LogP contribution is -2.27. The number of rotatable bonds is 8. The fraction of sp³-hybridized carbons (Fsp3) is 0.316. The molecule has 0 aliphatic carbocycles. The Morgan fingerprint density at radius 2 is 2.00 bits per heavy atom. The molecular weight excluding hydrogens is 372 g/mol. The molecule has 144 valence electrons. The minimum atomic E-state index is -0.631. The summed E-state index contributed by atoms with van der Waals surface area (Å²) >= 11 is 5.79. The molecule has 0 spiro atoms. The Labute approximate surface area is 162 Å². The van der Waals surface area contributed by atoms with Crippen molar-refractivity contribution in [3.8, 4) is 11.5 Å². The van der Waals surface area contributed by atoms with Crippen LogP contribution in [0.4, 0.5) is 5.69 Å². The van der Waals surface area contributed by atoms with Gasteiger partial charge in [-0.05, 0) is 43.2 Å². The molecule has 0 fully saturated rings. The number of hydrogen-bond donors (Lipinski definition) is 1. The molecule has 0 aromatic heterocycles. The van der Waals surface area contributed by atoms with Crippen molar-refractivity contribution < 1.29 is 19.2 Å². The highest BCUT2D eigenvalue weighted by molar-refractivity contribution is 6.31. The molecule has 27 heavy (non-hydrogen) atoms. The standard InChI is InChI=1S/C19H21ClN2O5/c1-4-9-27-17-8-5-13(10-18(17)26-3)12(2)21-19(23)15-7-6-14(20)11-16(15)22(24)25/h5-8,10-12H,4,9H2,1-3H3,(H,21,23). The first-order chi connectivity index (χ1) is 12.9. The molecule has 1 unspecified atom stereocenters. The molecule has 1 N–H and O–H groups in total. The number of hydrogen-bond acceptors (Lipinski definition) is 5. The van der Waals surface area contributed by atoms with E-state index >= 15 is 0 Å². The predicted molar refractivity (Wildman–Crippen MR) is 103 cm³/mol. The maximum atomic E-state index is 12.5. The summed E-state index contributed by atoms with van der Waals surface area (Å²) in [6.45, 7) is 4.36. The van der Waals surface area contributed by atoms with Crippen molar-refractivity contribution >= 4 is 23.2 Å². The van der Waals surface area contributed by atoms with Crippen molar-refractivity contribution in [2.24, 2.45) is 0 Å².